The second-order valence-electron chi connectivity index (χ2n) is 5.93. The molecule has 27 heavy (non-hydrogen) atoms. The van der Waals surface area contributed by atoms with E-state index in [1.165, 1.54) is 0 Å². The van der Waals surface area contributed by atoms with Crippen molar-refractivity contribution < 1.29 is 0 Å². The van der Waals surface area contributed by atoms with Gasteiger partial charge in [0.1, 0.15) is 11.8 Å². The van der Waals surface area contributed by atoms with Crippen LogP contribution in [0.15, 0.2) is 55.1 Å². The van der Waals surface area contributed by atoms with Crippen LogP contribution in [0.3, 0.4) is 0 Å². The molecule has 5 aromatic rings. The standard InChI is InChI=1S/C18H11N9/c19-8-14-2-1-13(9-20-14)16-10-21-17-18(23-16)27(25-24-17)11-12-4-6-26-15(7-12)3-5-22-26/h1-7,9-10H,11H2. The first-order valence-electron chi connectivity index (χ1n) is 8.15. The second kappa shape index (κ2) is 5.96. The summed E-state index contributed by atoms with van der Waals surface area (Å²) < 4.78 is 3.52. The fraction of sp³-hybridized carbons (Fsp3) is 0.0556. The summed E-state index contributed by atoms with van der Waals surface area (Å²) in [5.41, 5.74) is 4.91. The van der Waals surface area contributed by atoms with E-state index in [0.29, 0.717) is 29.2 Å². The number of nitrogens with zero attached hydrogens (tertiary/aromatic N) is 9. The Labute approximate surface area is 152 Å². The third kappa shape index (κ3) is 2.65. The molecule has 0 spiro atoms. The third-order valence-corrected chi connectivity index (χ3v) is 4.20. The lowest BCUT2D eigenvalue weighted by Crippen LogP contribution is -2.04. The average molecular weight is 353 g/mol. The minimum absolute atomic E-state index is 0.356. The zero-order valence-electron chi connectivity index (χ0n) is 13.9. The summed E-state index contributed by atoms with van der Waals surface area (Å²) in [7, 11) is 0. The van der Waals surface area contributed by atoms with Gasteiger partial charge in [-0.25, -0.2) is 24.1 Å². The average Bonchev–Trinajstić information content (AvgIpc) is 3.34. The van der Waals surface area contributed by atoms with Crippen LogP contribution in [0.2, 0.25) is 0 Å². The first-order chi connectivity index (χ1) is 13.3. The van der Waals surface area contributed by atoms with Gasteiger partial charge in [0.15, 0.2) is 5.65 Å². The molecule has 0 radical (unpaired) electrons. The minimum atomic E-state index is 0.356. The van der Waals surface area contributed by atoms with Crippen molar-refractivity contribution in [2.45, 2.75) is 6.54 Å². The molecule has 0 amide bonds. The molecule has 0 aromatic carbocycles. The molecule has 0 aliphatic rings. The molecule has 5 rings (SSSR count). The Morgan fingerprint density at radius 2 is 2.04 bits per heavy atom. The molecule has 5 heterocycles. The van der Waals surface area contributed by atoms with E-state index in [2.05, 4.69) is 30.4 Å². The highest BCUT2D eigenvalue weighted by Crippen LogP contribution is 2.18. The predicted octanol–water partition coefficient (Wildman–Crippen LogP) is 1.85. The van der Waals surface area contributed by atoms with Crippen LogP contribution >= 0.6 is 0 Å². The number of pyridine rings is 2. The Morgan fingerprint density at radius 1 is 1.07 bits per heavy atom. The van der Waals surface area contributed by atoms with E-state index in [9.17, 15) is 0 Å². The highest BCUT2D eigenvalue weighted by Gasteiger charge is 2.11. The SMILES string of the molecule is N#Cc1ccc(-c2cnc3nnn(Cc4ccn5nccc5c4)c3n2)cn1. The number of hydrogen-bond donors (Lipinski definition) is 0. The van der Waals surface area contributed by atoms with Crippen LogP contribution in [-0.2, 0) is 6.54 Å². The smallest absolute Gasteiger partial charge is 0.221 e. The van der Waals surface area contributed by atoms with Crippen molar-refractivity contribution in [2.75, 3.05) is 0 Å². The summed E-state index contributed by atoms with van der Waals surface area (Å²) in [6.45, 7) is 0.516. The van der Waals surface area contributed by atoms with Crippen molar-refractivity contribution in [2.24, 2.45) is 0 Å². The van der Waals surface area contributed by atoms with Crippen LogP contribution in [0.5, 0.6) is 0 Å². The van der Waals surface area contributed by atoms with E-state index in [0.717, 1.165) is 16.6 Å². The first-order valence-corrected chi connectivity index (χ1v) is 8.15. The van der Waals surface area contributed by atoms with Crippen LogP contribution in [-0.4, -0.2) is 39.6 Å². The molecule has 0 aliphatic carbocycles. The number of fused-ring (bicyclic) bond motifs is 2. The lowest BCUT2D eigenvalue weighted by Gasteiger charge is -2.04. The van der Waals surface area contributed by atoms with Crippen LogP contribution in [0.1, 0.15) is 11.3 Å². The lowest BCUT2D eigenvalue weighted by molar-refractivity contribution is 0.663. The molecule has 9 heteroatoms. The molecule has 5 aromatic heterocycles. The predicted molar refractivity (Wildman–Crippen MR) is 95.4 cm³/mol. The van der Waals surface area contributed by atoms with Crippen LogP contribution in [0.4, 0.5) is 0 Å². The molecule has 0 N–H and O–H groups in total. The topological polar surface area (TPSA) is 110 Å². The second-order valence-corrected chi connectivity index (χ2v) is 5.93. The minimum Gasteiger partial charge on any atom is -0.245 e. The van der Waals surface area contributed by atoms with Crippen molar-refractivity contribution in [3.63, 3.8) is 0 Å². The van der Waals surface area contributed by atoms with Gasteiger partial charge in [-0.05, 0) is 35.9 Å². The monoisotopic (exact) mass is 353 g/mol. The molecule has 128 valence electrons. The maximum atomic E-state index is 8.88. The number of nitriles is 1. The summed E-state index contributed by atoms with van der Waals surface area (Å²) >= 11 is 0. The number of rotatable bonds is 3. The molecule has 0 saturated heterocycles. The summed E-state index contributed by atoms with van der Waals surface area (Å²) in [5.74, 6) is 0. The Bertz CT molecular complexity index is 1310. The van der Waals surface area contributed by atoms with Gasteiger partial charge in [-0.1, -0.05) is 5.21 Å². The first kappa shape index (κ1) is 15.1. The quantitative estimate of drug-likeness (QED) is 0.487. The number of hydrogen-bond acceptors (Lipinski definition) is 7. The molecule has 0 saturated carbocycles. The summed E-state index contributed by atoms with van der Waals surface area (Å²) in [4.78, 5) is 13.1. The molecule has 0 bridgehead atoms. The Balaban J connectivity index is 1.53. The highest BCUT2D eigenvalue weighted by atomic mass is 15.4. The van der Waals surface area contributed by atoms with Gasteiger partial charge in [0, 0.05) is 24.2 Å². The van der Waals surface area contributed by atoms with E-state index < -0.39 is 0 Å². The molecular weight excluding hydrogens is 342 g/mol. The van der Waals surface area contributed by atoms with Gasteiger partial charge in [0.05, 0.1) is 24.0 Å². The number of aromatic nitrogens is 8. The van der Waals surface area contributed by atoms with E-state index >= 15 is 0 Å². The van der Waals surface area contributed by atoms with Crippen LogP contribution < -0.4 is 0 Å². The zero-order valence-corrected chi connectivity index (χ0v) is 13.9. The Morgan fingerprint density at radius 3 is 2.89 bits per heavy atom. The molecule has 0 atom stereocenters. The summed E-state index contributed by atoms with van der Waals surface area (Å²) in [5, 5.41) is 21.3. The van der Waals surface area contributed by atoms with Crippen molar-refractivity contribution in [1.82, 2.24) is 39.6 Å². The van der Waals surface area contributed by atoms with E-state index in [1.807, 2.05) is 30.5 Å². The van der Waals surface area contributed by atoms with Crippen molar-refractivity contribution in [3.8, 4) is 17.3 Å². The highest BCUT2D eigenvalue weighted by molar-refractivity contribution is 5.69. The van der Waals surface area contributed by atoms with Crippen LogP contribution in [0.25, 0.3) is 28.1 Å². The van der Waals surface area contributed by atoms with Gasteiger partial charge < -0.3 is 0 Å². The van der Waals surface area contributed by atoms with Crippen LogP contribution in [0, 0.1) is 11.3 Å². The van der Waals surface area contributed by atoms with E-state index in [1.54, 1.807) is 39.9 Å². The largest absolute Gasteiger partial charge is 0.245 e. The summed E-state index contributed by atoms with van der Waals surface area (Å²) in [6.07, 6.45) is 6.90. The van der Waals surface area contributed by atoms with Gasteiger partial charge in [0.25, 0.3) is 0 Å². The van der Waals surface area contributed by atoms with E-state index in [4.69, 9.17) is 5.26 Å². The maximum Gasteiger partial charge on any atom is 0.221 e. The van der Waals surface area contributed by atoms with Gasteiger partial charge in [0.2, 0.25) is 5.65 Å². The third-order valence-electron chi connectivity index (χ3n) is 4.20. The van der Waals surface area contributed by atoms with Gasteiger partial charge in [-0.15, -0.1) is 5.10 Å². The van der Waals surface area contributed by atoms with E-state index in [-0.39, 0.29) is 0 Å². The molecule has 0 aliphatic heterocycles. The van der Waals surface area contributed by atoms with Crippen molar-refractivity contribution in [3.05, 3.63) is 66.4 Å². The fourth-order valence-corrected chi connectivity index (χ4v) is 2.85. The fourth-order valence-electron chi connectivity index (χ4n) is 2.85. The Hall–Kier alpha value is -4.19. The zero-order chi connectivity index (χ0) is 18.2. The maximum absolute atomic E-state index is 8.88. The van der Waals surface area contributed by atoms with Gasteiger partial charge in [-0.2, -0.15) is 10.4 Å². The molecule has 0 unspecified atom stereocenters. The lowest BCUT2D eigenvalue weighted by atomic mass is 10.2. The van der Waals surface area contributed by atoms with Crippen molar-refractivity contribution >= 4 is 16.8 Å². The van der Waals surface area contributed by atoms with Crippen molar-refractivity contribution in [1.29, 1.82) is 5.26 Å². The molecule has 0 fully saturated rings. The van der Waals surface area contributed by atoms with Gasteiger partial charge in [-0.3, -0.25) is 0 Å². The van der Waals surface area contributed by atoms with Gasteiger partial charge >= 0.3 is 0 Å². The normalized spacial score (nSPS) is 11.1. The molecular formula is C18H11N9. The molecule has 9 nitrogen and oxygen atoms in total. The Kier molecular flexibility index (Phi) is 3.33. The summed E-state index contributed by atoms with van der Waals surface area (Å²) in [6, 6.07) is 11.4.